The Morgan fingerprint density at radius 2 is 2.12 bits per heavy atom. The van der Waals surface area contributed by atoms with Crippen molar-refractivity contribution < 1.29 is 13.2 Å². The molecule has 0 saturated carbocycles. The van der Waals surface area contributed by atoms with Gasteiger partial charge in [0.2, 0.25) is 15.9 Å². The number of hydrogen-bond acceptors (Lipinski definition) is 5. The molecule has 1 fully saturated rings. The highest BCUT2D eigenvalue weighted by Crippen LogP contribution is 2.30. The Balaban J connectivity index is 0.00000208. The van der Waals surface area contributed by atoms with Gasteiger partial charge in [-0.2, -0.15) is 0 Å². The van der Waals surface area contributed by atoms with E-state index in [0.717, 1.165) is 30.9 Å². The van der Waals surface area contributed by atoms with Gasteiger partial charge in [0, 0.05) is 37.9 Å². The van der Waals surface area contributed by atoms with Crippen LogP contribution in [0.2, 0.25) is 0 Å². The van der Waals surface area contributed by atoms with Crippen molar-refractivity contribution in [2.75, 3.05) is 37.6 Å². The normalized spacial score (nSPS) is 21.2. The molecule has 0 aliphatic carbocycles. The van der Waals surface area contributed by atoms with Crippen LogP contribution in [0.5, 0.6) is 0 Å². The van der Waals surface area contributed by atoms with Gasteiger partial charge in [-0.05, 0) is 37.1 Å². The molecule has 1 amide bonds. The summed E-state index contributed by atoms with van der Waals surface area (Å²) in [5.74, 6) is 0.0563. The number of anilines is 1. The van der Waals surface area contributed by atoms with Crippen LogP contribution < -0.4 is 15.4 Å². The second kappa shape index (κ2) is 7.37. The second-order valence-corrected chi connectivity index (χ2v) is 7.72. The topological polar surface area (TPSA) is 95.7 Å². The van der Waals surface area contributed by atoms with Crippen molar-refractivity contribution in [1.82, 2.24) is 10.2 Å². The van der Waals surface area contributed by atoms with Crippen LogP contribution in [0, 0.1) is 0 Å². The van der Waals surface area contributed by atoms with Gasteiger partial charge in [0.25, 0.3) is 0 Å². The third-order valence-electron chi connectivity index (χ3n) is 4.55. The third-order valence-corrected chi connectivity index (χ3v) is 5.46. The first-order valence-corrected chi connectivity index (χ1v) is 9.32. The zero-order valence-electron chi connectivity index (χ0n) is 13.6. The van der Waals surface area contributed by atoms with Crippen molar-refractivity contribution in [2.45, 2.75) is 24.3 Å². The fourth-order valence-corrected chi connectivity index (χ4v) is 3.76. The molecular formula is C15H23ClN4O3S. The SMILES string of the molecule is C[C@@H]1CNCCN1CC(=O)N1CCc2cc(S(N)(=O)=O)ccc21.Cl. The standard InChI is InChI=1S/C15H22N4O3S.ClH/c1-11-9-17-5-7-18(11)10-15(20)19-6-4-12-8-13(23(16,21)22)2-3-14(12)19;/h2-3,8,11,17H,4-7,9-10H2,1H3,(H2,16,21,22);1H/t11-;/m1./s1. The molecule has 1 saturated heterocycles. The lowest BCUT2D eigenvalue weighted by molar-refractivity contribution is -0.120. The van der Waals surface area contributed by atoms with Gasteiger partial charge >= 0.3 is 0 Å². The number of halogens is 1. The van der Waals surface area contributed by atoms with E-state index < -0.39 is 10.0 Å². The van der Waals surface area contributed by atoms with Crippen LogP contribution in [0.15, 0.2) is 23.1 Å². The van der Waals surface area contributed by atoms with Crippen molar-refractivity contribution in [2.24, 2.45) is 5.14 Å². The average molecular weight is 375 g/mol. The molecule has 3 N–H and O–H groups in total. The first-order valence-electron chi connectivity index (χ1n) is 7.77. The number of primary sulfonamides is 1. The van der Waals surface area contributed by atoms with Crippen LogP contribution in [0.1, 0.15) is 12.5 Å². The van der Waals surface area contributed by atoms with Gasteiger partial charge in [-0.15, -0.1) is 12.4 Å². The lowest BCUT2D eigenvalue weighted by Gasteiger charge is -2.34. The number of sulfonamides is 1. The number of fused-ring (bicyclic) bond motifs is 1. The zero-order valence-corrected chi connectivity index (χ0v) is 15.2. The largest absolute Gasteiger partial charge is 0.314 e. The number of nitrogens with one attached hydrogen (secondary N) is 1. The van der Waals surface area contributed by atoms with Gasteiger partial charge in [-0.25, -0.2) is 13.6 Å². The zero-order chi connectivity index (χ0) is 16.6. The van der Waals surface area contributed by atoms with Gasteiger partial charge < -0.3 is 10.2 Å². The van der Waals surface area contributed by atoms with E-state index >= 15 is 0 Å². The Hall–Kier alpha value is -1.19. The molecule has 1 atom stereocenters. The highest BCUT2D eigenvalue weighted by Gasteiger charge is 2.28. The molecule has 0 bridgehead atoms. The number of nitrogens with zero attached hydrogens (tertiary/aromatic N) is 2. The molecule has 1 aromatic carbocycles. The number of nitrogens with two attached hydrogens (primary N) is 1. The van der Waals surface area contributed by atoms with Crippen LogP contribution >= 0.6 is 12.4 Å². The Bertz CT molecular complexity index is 725. The summed E-state index contributed by atoms with van der Waals surface area (Å²) < 4.78 is 22.9. The smallest absolute Gasteiger partial charge is 0.241 e. The van der Waals surface area contributed by atoms with Crippen molar-refractivity contribution >= 4 is 34.0 Å². The summed E-state index contributed by atoms with van der Waals surface area (Å²) in [6.45, 7) is 5.73. The van der Waals surface area contributed by atoms with E-state index in [4.69, 9.17) is 5.14 Å². The maximum Gasteiger partial charge on any atom is 0.241 e. The molecule has 7 nitrogen and oxygen atoms in total. The Morgan fingerprint density at radius 1 is 1.38 bits per heavy atom. The molecule has 9 heteroatoms. The number of amides is 1. The van der Waals surface area contributed by atoms with Crippen molar-refractivity contribution in [3.05, 3.63) is 23.8 Å². The van der Waals surface area contributed by atoms with Gasteiger partial charge in [0.05, 0.1) is 11.4 Å². The molecule has 2 aliphatic heterocycles. The molecule has 24 heavy (non-hydrogen) atoms. The van der Waals surface area contributed by atoms with Crippen LogP contribution in [0.3, 0.4) is 0 Å². The average Bonchev–Trinajstić information content (AvgIpc) is 2.92. The minimum absolute atomic E-state index is 0. The van der Waals surface area contributed by atoms with Gasteiger partial charge in [-0.3, -0.25) is 9.69 Å². The van der Waals surface area contributed by atoms with E-state index in [2.05, 4.69) is 17.1 Å². The minimum Gasteiger partial charge on any atom is -0.314 e. The lowest BCUT2D eigenvalue weighted by Crippen LogP contribution is -2.53. The Morgan fingerprint density at radius 3 is 2.79 bits per heavy atom. The van der Waals surface area contributed by atoms with Crippen LogP contribution in [-0.4, -0.2) is 58.0 Å². The van der Waals surface area contributed by atoms with E-state index in [-0.39, 0.29) is 23.2 Å². The monoisotopic (exact) mass is 374 g/mol. The maximum atomic E-state index is 12.6. The number of carbonyl (C=O) groups excluding carboxylic acids is 1. The summed E-state index contributed by atoms with van der Waals surface area (Å²) in [6, 6.07) is 5.05. The van der Waals surface area contributed by atoms with Gasteiger partial charge in [0.15, 0.2) is 0 Å². The quantitative estimate of drug-likeness (QED) is 0.772. The summed E-state index contributed by atoms with van der Waals surface area (Å²) >= 11 is 0. The van der Waals surface area contributed by atoms with Crippen LogP contribution in [0.4, 0.5) is 5.69 Å². The van der Waals surface area contributed by atoms with Crippen LogP contribution in [0.25, 0.3) is 0 Å². The first-order chi connectivity index (χ1) is 10.9. The summed E-state index contributed by atoms with van der Waals surface area (Å²) in [4.78, 5) is 16.6. The molecule has 0 spiro atoms. The Kier molecular flexibility index (Phi) is 5.87. The first kappa shape index (κ1) is 19.1. The molecule has 0 radical (unpaired) electrons. The number of hydrogen-bond donors (Lipinski definition) is 2. The van der Waals surface area contributed by atoms with E-state index in [1.54, 1.807) is 17.0 Å². The summed E-state index contributed by atoms with van der Waals surface area (Å²) in [5, 5.41) is 8.47. The van der Waals surface area contributed by atoms with Crippen molar-refractivity contribution in [3.63, 3.8) is 0 Å². The number of rotatable bonds is 3. The lowest BCUT2D eigenvalue weighted by atomic mass is 10.2. The van der Waals surface area contributed by atoms with E-state index in [1.807, 2.05) is 0 Å². The highest BCUT2D eigenvalue weighted by molar-refractivity contribution is 7.89. The van der Waals surface area contributed by atoms with Crippen molar-refractivity contribution in [3.8, 4) is 0 Å². The predicted molar refractivity (Wildman–Crippen MR) is 95.0 cm³/mol. The molecule has 134 valence electrons. The Labute approximate surface area is 148 Å². The van der Waals surface area contributed by atoms with Crippen LogP contribution in [-0.2, 0) is 21.2 Å². The number of benzene rings is 1. The minimum atomic E-state index is -3.71. The number of piperazine rings is 1. The molecule has 1 aromatic rings. The summed E-state index contributed by atoms with van der Waals surface area (Å²) in [5.41, 5.74) is 1.66. The van der Waals surface area contributed by atoms with Gasteiger partial charge in [-0.1, -0.05) is 0 Å². The number of carbonyl (C=O) groups is 1. The third kappa shape index (κ3) is 3.89. The molecule has 3 rings (SSSR count). The highest BCUT2D eigenvalue weighted by atomic mass is 35.5. The predicted octanol–water partition coefficient (Wildman–Crippen LogP) is -0.0614. The maximum absolute atomic E-state index is 12.6. The fourth-order valence-electron chi connectivity index (χ4n) is 3.19. The molecular weight excluding hydrogens is 352 g/mol. The molecule has 0 aromatic heterocycles. The molecule has 2 aliphatic rings. The molecule has 0 unspecified atom stereocenters. The molecule has 2 heterocycles. The fraction of sp³-hybridized carbons (Fsp3) is 0.533. The summed E-state index contributed by atoms with van der Waals surface area (Å²) in [6.07, 6.45) is 0.654. The van der Waals surface area contributed by atoms with E-state index in [9.17, 15) is 13.2 Å². The summed E-state index contributed by atoms with van der Waals surface area (Å²) in [7, 11) is -3.71. The second-order valence-electron chi connectivity index (χ2n) is 6.15. The van der Waals surface area contributed by atoms with Gasteiger partial charge in [0.1, 0.15) is 0 Å². The van der Waals surface area contributed by atoms with E-state index in [1.165, 1.54) is 6.07 Å². The van der Waals surface area contributed by atoms with E-state index in [0.29, 0.717) is 25.6 Å². The van der Waals surface area contributed by atoms with Crippen molar-refractivity contribution in [1.29, 1.82) is 0 Å².